The minimum absolute atomic E-state index is 0.0360. The zero-order valence-electron chi connectivity index (χ0n) is 6.41. The number of carbonyl (C=O) groups is 1. The molecule has 1 rings (SSSR count). The highest BCUT2D eigenvalue weighted by Crippen LogP contribution is 2.07. The van der Waals surface area contributed by atoms with Crippen LogP contribution in [0.15, 0.2) is 30.3 Å². The second kappa shape index (κ2) is 3.76. The lowest BCUT2D eigenvalue weighted by atomic mass is 10.3. The molecule has 2 nitrogen and oxygen atoms in total. The minimum Gasteiger partial charge on any atom is -0.486 e. The van der Waals surface area contributed by atoms with Crippen molar-refractivity contribution in [2.45, 2.75) is 6.92 Å². The molecule has 0 atom stereocenters. The Morgan fingerprint density at radius 2 is 2.00 bits per heavy atom. The summed E-state index contributed by atoms with van der Waals surface area (Å²) in [6.45, 7) is 1.66. The third-order valence-corrected chi connectivity index (χ3v) is 1.19. The monoisotopic (exact) mass is 150 g/mol. The first-order valence-electron chi connectivity index (χ1n) is 3.46. The van der Waals surface area contributed by atoms with E-state index in [1.807, 2.05) is 30.3 Å². The normalized spacial score (nSPS) is 9.18. The third kappa shape index (κ3) is 2.85. The van der Waals surface area contributed by atoms with Gasteiger partial charge in [-0.05, 0) is 19.1 Å². The topological polar surface area (TPSA) is 26.3 Å². The van der Waals surface area contributed by atoms with Crippen LogP contribution < -0.4 is 4.74 Å². The highest BCUT2D eigenvalue weighted by atomic mass is 16.5. The number of ether oxygens (including phenoxy) is 1. The lowest BCUT2D eigenvalue weighted by Gasteiger charge is -2.01. The van der Waals surface area contributed by atoms with E-state index in [2.05, 4.69) is 0 Å². The SMILES string of the molecule is CC(=O)COc1ccccc1. The van der Waals surface area contributed by atoms with Gasteiger partial charge in [0.2, 0.25) is 0 Å². The fraction of sp³-hybridized carbons (Fsp3) is 0.222. The van der Waals surface area contributed by atoms with Crippen LogP contribution in [0.1, 0.15) is 6.92 Å². The maximum atomic E-state index is 10.5. The van der Waals surface area contributed by atoms with Gasteiger partial charge in [-0.1, -0.05) is 18.2 Å². The largest absolute Gasteiger partial charge is 0.486 e. The van der Waals surface area contributed by atoms with E-state index in [1.54, 1.807) is 0 Å². The molecule has 1 aromatic carbocycles. The van der Waals surface area contributed by atoms with Crippen molar-refractivity contribution < 1.29 is 9.53 Å². The summed E-state index contributed by atoms with van der Waals surface area (Å²) in [5.74, 6) is 0.775. The van der Waals surface area contributed by atoms with Crippen LogP contribution in [0.25, 0.3) is 0 Å². The highest BCUT2D eigenvalue weighted by molar-refractivity contribution is 5.77. The van der Waals surface area contributed by atoms with Crippen LogP contribution in [0.2, 0.25) is 0 Å². The molecule has 0 aromatic heterocycles. The average Bonchev–Trinajstić information content (AvgIpc) is 2.03. The molecular weight excluding hydrogens is 140 g/mol. The summed E-state index contributed by atoms with van der Waals surface area (Å²) in [7, 11) is 0. The van der Waals surface area contributed by atoms with E-state index >= 15 is 0 Å². The quantitative estimate of drug-likeness (QED) is 0.655. The van der Waals surface area contributed by atoms with E-state index in [4.69, 9.17) is 4.74 Å². The van der Waals surface area contributed by atoms with E-state index < -0.39 is 0 Å². The molecule has 0 unspecified atom stereocenters. The summed E-state index contributed by atoms with van der Waals surface area (Å²) in [4.78, 5) is 10.5. The molecular formula is C9H10O2. The Morgan fingerprint density at radius 1 is 1.36 bits per heavy atom. The van der Waals surface area contributed by atoms with Gasteiger partial charge >= 0.3 is 0 Å². The lowest BCUT2D eigenvalue weighted by Crippen LogP contribution is -2.06. The molecule has 11 heavy (non-hydrogen) atoms. The molecule has 0 amide bonds. The van der Waals surface area contributed by atoms with Crippen LogP contribution in [-0.4, -0.2) is 12.4 Å². The van der Waals surface area contributed by atoms with Gasteiger partial charge in [0, 0.05) is 0 Å². The number of hydrogen-bond acceptors (Lipinski definition) is 2. The van der Waals surface area contributed by atoms with Crippen LogP contribution in [0.5, 0.6) is 5.75 Å². The maximum Gasteiger partial charge on any atom is 0.167 e. The zero-order valence-corrected chi connectivity index (χ0v) is 6.41. The average molecular weight is 150 g/mol. The molecule has 1 aromatic rings. The second-order valence-corrected chi connectivity index (χ2v) is 2.30. The van der Waals surface area contributed by atoms with Gasteiger partial charge in [-0.3, -0.25) is 4.79 Å². The molecule has 0 radical (unpaired) electrons. The molecule has 0 saturated heterocycles. The molecule has 0 aliphatic heterocycles. The first-order chi connectivity index (χ1) is 5.29. The summed E-state index contributed by atoms with van der Waals surface area (Å²) in [5, 5.41) is 0. The van der Waals surface area contributed by atoms with E-state index in [1.165, 1.54) is 6.92 Å². The molecule has 0 aliphatic carbocycles. The Kier molecular flexibility index (Phi) is 2.66. The summed E-state index contributed by atoms with van der Waals surface area (Å²) in [6.07, 6.45) is 0. The number of benzene rings is 1. The smallest absolute Gasteiger partial charge is 0.167 e. The minimum atomic E-state index is 0.0360. The van der Waals surface area contributed by atoms with E-state index in [0.29, 0.717) is 0 Å². The van der Waals surface area contributed by atoms with Crippen molar-refractivity contribution >= 4 is 5.78 Å². The van der Waals surface area contributed by atoms with Crippen molar-refractivity contribution in [3.05, 3.63) is 30.3 Å². The summed E-state index contributed by atoms with van der Waals surface area (Å²) in [6, 6.07) is 9.29. The predicted octanol–water partition coefficient (Wildman–Crippen LogP) is 1.65. The van der Waals surface area contributed by atoms with E-state index in [9.17, 15) is 4.79 Å². The number of hydrogen-bond donors (Lipinski definition) is 0. The van der Waals surface area contributed by atoms with Gasteiger partial charge in [0.1, 0.15) is 12.4 Å². The molecule has 0 heterocycles. The van der Waals surface area contributed by atoms with Crippen molar-refractivity contribution in [3.63, 3.8) is 0 Å². The van der Waals surface area contributed by atoms with Crippen LogP contribution in [0, 0.1) is 0 Å². The van der Waals surface area contributed by atoms with Crippen molar-refractivity contribution in [3.8, 4) is 5.75 Å². The van der Waals surface area contributed by atoms with Gasteiger partial charge in [0.15, 0.2) is 5.78 Å². The molecule has 0 saturated carbocycles. The number of rotatable bonds is 3. The fourth-order valence-electron chi connectivity index (χ4n) is 0.702. The number of para-hydroxylation sites is 1. The lowest BCUT2D eigenvalue weighted by molar-refractivity contribution is -0.118. The van der Waals surface area contributed by atoms with Gasteiger partial charge in [0.25, 0.3) is 0 Å². The Morgan fingerprint density at radius 3 is 2.55 bits per heavy atom. The van der Waals surface area contributed by atoms with Gasteiger partial charge in [-0.25, -0.2) is 0 Å². The number of carbonyl (C=O) groups excluding carboxylic acids is 1. The highest BCUT2D eigenvalue weighted by Gasteiger charge is 1.93. The second-order valence-electron chi connectivity index (χ2n) is 2.30. The summed E-state index contributed by atoms with van der Waals surface area (Å²) < 4.78 is 5.12. The molecule has 58 valence electrons. The van der Waals surface area contributed by atoms with Gasteiger partial charge in [-0.15, -0.1) is 0 Å². The molecule has 0 bridgehead atoms. The number of Topliss-reactive ketones (excluding diaryl/α,β-unsaturated/α-hetero) is 1. The van der Waals surface area contributed by atoms with Crippen molar-refractivity contribution in [2.75, 3.05) is 6.61 Å². The van der Waals surface area contributed by atoms with Crippen LogP contribution in [0.3, 0.4) is 0 Å². The molecule has 0 fully saturated rings. The van der Waals surface area contributed by atoms with Gasteiger partial charge in [-0.2, -0.15) is 0 Å². The van der Waals surface area contributed by atoms with Crippen molar-refractivity contribution in [1.82, 2.24) is 0 Å². The molecule has 2 heteroatoms. The summed E-state index contributed by atoms with van der Waals surface area (Å²) >= 11 is 0. The fourth-order valence-corrected chi connectivity index (χ4v) is 0.702. The summed E-state index contributed by atoms with van der Waals surface area (Å²) in [5.41, 5.74) is 0. The van der Waals surface area contributed by atoms with E-state index in [-0.39, 0.29) is 12.4 Å². The standard InChI is InChI=1S/C9H10O2/c1-8(10)7-11-9-5-3-2-4-6-9/h2-6H,7H2,1H3. The third-order valence-electron chi connectivity index (χ3n) is 1.19. The van der Waals surface area contributed by atoms with Crippen molar-refractivity contribution in [1.29, 1.82) is 0 Å². The first-order valence-corrected chi connectivity index (χ1v) is 3.46. The first kappa shape index (κ1) is 7.79. The Hall–Kier alpha value is -1.31. The van der Waals surface area contributed by atoms with Crippen LogP contribution >= 0.6 is 0 Å². The predicted molar refractivity (Wildman–Crippen MR) is 42.6 cm³/mol. The zero-order chi connectivity index (χ0) is 8.10. The maximum absolute atomic E-state index is 10.5. The van der Waals surface area contributed by atoms with Gasteiger partial charge < -0.3 is 4.74 Å². The molecule has 0 spiro atoms. The van der Waals surface area contributed by atoms with Crippen molar-refractivity contribution in [2.24, 2.45) is 0 Å². The molecule has 0 N–H and O–H groups in total. The Bertz CT molecular complexity index is 229. The van der Waals surface area contributed by atoms with Crippen LogP contribution in [0.4, 0.5) is 0 Å². The Balaban J connectivity index is 2.45. The van der Waals surface area contributed by atoms with Gasteiger partial charge in [0.05, 0.1) is 0 Å². The Labute approximate surface area is 65.8 Å². The van der Waals surface area contributed by atoms with E-state index in [0.717, 1.165) is 5.75 Å². The van der Waals surface area contributed by atoms with Crippen LogP contribution in [-0.2, 0) is 4.79 Å². The number of ketones is 1. The molecule has 0 aliphatic rings.